The lowest BCUT2D eigenvalue weighted by molar-refractivity contribution is -0.358. The molecule has 0 saturated heterocycles. The summed E-state index contributed by atoms with van der Waals surface area (Å²) in [7, 11) is 3.17. The van der Waals surface area contributed by atoms with Gasteiger partial charge in [-0.15, -0.1) is 0 Å². The first-order valence-electron chi connectivity index (χ1n) is 12.3. The van der Waals surface area contributed by atoms with Crippen molar-refractivity contribution >= 4 is 17.7 Å². The van der Waals surface area contributed by atoms with Crippen LogP contribution in [-0.4, -0.2) is 86.6 Å². The van der Waals surface area contributed by atoms with Crippen LogP contribution in [0.5, 0.6) is 11.5 Å². The Bertz CT molecular complexity index is 920. The van der Waals surface area contributed by atoms with E-state index in [0.29, 0.717) is 37.6 Å². The van der Waals surface area contributed by atoms with Crippen molar-refractivity contribution < 1.29 is 55.2 Å². The average molecular weight is 611 g/mol. The molecule has 0 bridgehead atoms. The van der Waals surface area contributed by atoms with Gasteiger partial charge < -0.3 is 29.8 Å². The molecule has 1 aromatic carbocycles. The van der Waals surface area contributed by atoms with Gasteiger partial charge in [0.1, 0.15) is 0 Å². The number of amides is 1. The topological polar surface area (TPSA) is 103 Å². The Morgan fingerprint density at radius 3 is 2.12 bits per heavy atom. The number of carbonyl (C=O) groups is 1. The summed E-state index contributed by atoms with van der Waals surface area (Å²) in [6.45, 7) is 3.59. The van der Waals surface area contributed by atoms with Crippen molar-refractivity contribution in [2.45, 2.75) is 63.2 Å². The normalized spacial score (nSPS) is 15.1. The molecule has 0 heterocycles. The average Bonchev–Trinajstić information content (AvgIpc) is 2.85. The molecule has 0 radical (unpaired) electrons. The second-order valence-electron chi connectivity index (χ2n) is 9.59. The Labute approximate surface area is 234 Å². The molecule has 3 N–H and O–H groups in total. The number of halogens is 7. The van der Waals surface area contributed by atoms with Crippen molar-refractivity contribution in [2.24, 2.45) is 17.6 Å². The minimum absolute atomic E-state index is 0.0109. The van der Waals surface area contributed by atoms with Crippen molar-refractivity contribution in [3.8, 4) is 11.5 Å². The number of aliphatic hydroxyl groups is 1. The van der Waals surface area contributed by atoms with Crippen molar-refractivity contribution in [3.63, 3.8) is 0 Å². The molecule has 0 aliphatic carbocycles. The van der Waals surface area contributed by atoms with Crippen LogP contribution in [0.3, 0.4) is 0 Å². The van der Waals surface area contributed by atoms with E-state index in [0.717, 1.165) is 5.56 Å². The molecule has 0 aliphatic heterocycles. The van der Waals surface area contributed by atoms with Crippen LogP contribution in [0.2, 0.25) is 0 Å². The number of hydrogen-bond acceptors (Lipinski definition) is 7. The number of hydrogen-bond donors (Lipinski definition) is 2. The number of nitrogens with two attached hydrogens (primary N) is 1. The zero-order valence-corrected chi connectivity index (χ0v) is 23.7. The van der Waals surface area contributed by atoms with Gasteiger partial charge in [-0.3, -0.25) is 4.79 Å². The van der Waals surface area contributed by atoms with E-state index in [1.54, 1.807) is 19.2 Å². The van der Waals surface area contributed by atoms with E-state index in [4.69, 9.17) is 31.7 Å². The van der Waals surface area contributed by atoms with Gasteiger partial charge in [0.05, 0.1) is 26.4 Å². The molecule has 1 aromatic rings. The first-order chi connectivity index (χ1) is 18.5. The first kappa shape index (κ1) is 36.0. The van der Waals surface area contributed by atoms with Gasteiger partial charge in [0, 0.05) is 45.1 Å². The van der Waals surface area contributed by atoms with Crippen LogP contribution in [0.25, 0.3) is 0 Å². The summed E-state index contributed by atoms with van der Waals surface area (Å²) >= 11 is 5.54. The summed E-state index contributed by atoms with van der Waals surface area (Å²) in [6, 6.07) is 4.20. The van der Waals surface area contributed by atoms with Crippen molar-refractivity contribution in [1.29, 1.82) is 0 Å². The maximum atomic E-state index is 13.4. The molecular weight excluding hydrogens is 574 g/mol. The largest absolute Gasteiger partial charge is 0.493 e. The number of nitrogens with zero attached hydrogens (tertiary/aromatic N) is 1. The smallest absolute Gasteiger partial charge is 0.435 e. The fraction of sp³-hybridized carbons (Fsp3) is 0.720. The predicted molar refractivity (Wildman–Crippen MR) is 135 cm³/mol. The minimum Gasteiger partial charge on any atom is -0.493 e. The zero-order valence-electron chi connectivity index (χ0n) is 22.9. The second kappa shape index (κ2) is 15.3. The Morgan fingerprint density at radius 2 is 1.65 bits per heavy atom. The Kier molecular flexibility index (Phi) is 13.8. The third-order valence-corrected chi connectivity index (χ3v) is 6.75. The van der Waals surface area contributed by atoms with Crippen LogP contribution in [0.15, 0.2) is 18.2 Å². The number of benzene rings is 1. The molecule has 1 amide bonds. The molecule has 0 aliphatic rings. The molecule has 3 atom stereocenters. The summed E-state index contributed by atoms with van der Waals surface area (Å²) in [6.07, 6.45) is -12.9. The van der Waals surface area contributed by atoms with E-state index in [2.05, 4.69) is 4.74 Å². The van der Waals surface area contributed by atoms with Crippen molar-refractivity contribution in [2.75, 3.05) is 41.1 Å². The standard InChI is InChI=1S/C25H37ClF6N2O6/c1-15(2)17(11-16-7-8-20(38-4)21(12-16)40-10-6-9-37-3)13-18(33)19(35)14-34(26)22(36)23(39-5,24(27,28)29)25(30,31)32/h7-8,12,15,17-19,35H,6,9-11,13-14,33H2,1-5H3/t17-,18-,19-/m0/s1. The molecule has 15 heteroatoms. The van der Waals surface area contributed by atoms with Crippen LogP contribution in [0, 0.1) is 11.8 Å². The zero-order chi connectivity index (χ0) is 30.9. The van der Waals surface area contributed by atoms with Crippen LogP contribution in [0.4, 0.5) is 26.3 Å². The maximum absolute atomic E-state index is 13.4. The molecule has 0 spiro atoms. The molecule has 0 aromatic heterocycles. The first-order valence-corrected chi connectivity index (χ1v) is 12.7. The van der Waals surface area contributed by atoms with Gasteiger partial charge in [-0.2, -0.15) is 26.3 Å². The van der Waals surface area contributed by atoms with E-state index in [-0.39, 0.29) is 25.4 Å². The minimum atomic E-state index is -6.18. The molecule has 1 rings (SSSR count). The van der Waals surface area contributed by atoms with Crippen molar-refractivity contribution in [1.82, 2.24) is 4.42 Å². The molecule has 8 nitrogen and oxygen atoms in total. The fourth-order valence-electron chi connectivity index (χ4n) is 4.02. The third-order valence-electron chi connectivity index (χ3n) is 6.46. The molecule has 40 heavy (non-hydrogen) atoms. The van der Waals surface area contributed by atoms with E-state index in [9.17, 15) is 36.2 Å². The van der Waals surface area contributed by atoms with E-state index < -0.39 is 47.0 Å². The Balaban J connectivity index is 3.00. The SMILES string of the molecule is COCCCOc1cc(C[C@@H](C[C@H](N)[C@@H](O)CN(Cl)C(=O)C(OC)(C(F)(F)F)C(F)(F)F)C(C)C)ccc1OC. The summed E-state index contributed by atoms with van der Waals surface area (Å²) in [5.74, 6) is -1.78. The van der Waals surface area contributed by atoms with Crippen LogP contribution >= 0.6 is 11.8 Å². The van der Waals surface area contributed by atoms with E-state index in [1.165, 1.54) is 7.11 Å². The molecule has 0 fully saturated rings. The highest BCUT2D eigenvalue weighted by Gasteiger charge is 2.78. The number of carbonyl (C=O) groups excluding carboxylic acids is 1. The van der Waals surface area contributed by atoms with Crippen LogP contribution in [0.1, 0.15) is 32.3 Å². The van der Waals surface area contributed by atoms with Crippen molar-refractivity contribution in [3.05, 3.63) is 23.8 Å². The Hall–Kier alpha value is -2.00. The lowest BCUT2D eigenvalue weighted by atomic mass is 9.83. The van der Waals surface area contributed by atoms with Crippen LogP contribution < -0.4 is 15.2 Å². The summed E-state index contributed by atoms with van der Waals surface area (Å²) in [4.78, 5) is 12.3. The predicted octanol–water partition coefficient (Wildman–Crippen LogP) is 4.50. The highest BCUT2D eigenvalue weighted by molar-refractivity contribution is 6.22. The maximum Gasteiger partial charge on any atom is 0.435 e. The lowest BCUT2D eigenvalue weighted by Crippen LogP contribution is -2.67. The quantitative estimate of drug-likeness (QED) is 0.161. The van der Waals surface area contributed by atoms with E-state index in [1.807, 2.05) is 19.9 Å². The van der Waals surface area contributed by atoms with Gasteiger partial charge in [-0.05, 0) is 42.4 Å². The van der Waals surface area contributed by atoms with Gasteiger partial charge in [-0.1, -0.05) is 19.9 Å². The molecule has 0 saturated carbocycles. The number of aliphatic hydroxyl groups excluding tert-OH is 1. The summed E-state index contributed by atoms with van der Waals surface area (Å²) in [5, 5.41) is 10.5. The van der Waals surface area contributed by atoms with Crippen LogP contribution in [-0.2, 0) is 20.7 Å². The van der Waals surface area contributed by atoms with Gasteiger partial charge >= 0.3 is 18.0 Å². The Morgan fingerprint density at radius 1 is 1.05 bits per heavy atom. The molecule has 232 valence electrons. The number of methoxy groups -OCH3 is 3. The summed E-state index contributed by atoms with van der Waals surface area (Å²) in [5.41, 5.74) is 1.70. The molecular formula is C25H37ClF6N2O6. The van der Waals surface area contributed by atoms with Gasteiger partial charge in [0.15, 0.2) is 11.5 Å². The second-order valence-corrected chi connectivity index (χ2v) is 9.99. The van der Waals surface area contributed by atoms with Gasteiger partial charge in [-0.25, -0.2) is 4.42 Å². The highest BCUT2D eigenvalue weighted by atomic mass is 35.5. The fourth-order valence-corrected chi connectivity index (χ4v) is 4.28. The number of rotatable bonds is 16. The lowest BCUT2D eigenvalue weighted by Gasteiger charge is -2.36. The highest BCUT2D eigenvalue weighted by Crippen LogP contribution is 2.47. The molecule has 0 unspecified atom stereocenters. The number of ether oxygens (including phenoxy) is 4. The number of alkyl halides is 6. The summed E-state index contributed by atoms with van der Waals surface area (Å²) < 4.78 is 99.6. The van der Waals surface area contributed by atoms with Gasteiger partial charge in [0.2, 0.25) is 0 Å². The third kappa shape index (κ3) is 9.00. The monoisotopic (exact) mass is 610 g/mol. The van der Waals surface area contributed by atoms with Gasteiger partial charge in [0.25, 0.3) is 5.91 Å². The van der Waals surface area contributed by atoms with E-state index >= 15 is 0 Å².